The normalized spacial score (nSPS) is 18.1. The first-order valence-corrected chi connectivity index (χ1v) is 10.2. The highest BCUT2D eigenvalue weighted by Crippen LogP contribution is 2.40. The lowest BCUT2D eigenvalue weighted by atomic mass is 9.95. The van der Waals surface area contributed by atoms with Crippen LogP contribution in [0.4, 0.5) is 4.39 Å². The zero-order valence-electron chi connectivity index (χ0n) is 17.6. The summed E-state index contributed by atoms with van der Waals surface area (Å²) in [7, 11) is 3.66. The Morgan fingerprint density at radius 1 is 1.23 bits per heavy atom. The molecule has 0 aliphatic carbocycles. The Morgan fingerprint density at radius 2 is 1.94 bits per heavy atom. The van der Waals surface area contributed by atoms with E-state index in [2.05, 4.69) is 0 Å². The van der Waals surface area contributed by atoms with Gasteiger partial charge in [0.1, 0.15) is 17.3 Å². The van der Waals surface area contributed by atoms with Gasteiger partial charge in [0.25, 0.3) is 11.7 Å². The van der Waals surface area contributed by atoms with Crippen molar-refractivity contribution in [3.63, 3.8) is 0 Å². The van der Waals surface area contributed by atoms with Gasteiger partial charge in [0.15, 0.2) is 0 Å². The van der Waals surface area contributed by atoms with E-state index in [-0.39, 0.29) is 28.3 Å². The number of amides is 1. The van der Waals surface area contributed by atoms with Crippen molar-refractivity contribution in [1.82, 2.24) is 9.80 Å². The van der Waals surface area contributed by atoms with E-state index in [1.165, 1.54) is 35.2 Å². The predicted octanol–water partition coefficient (Wildman–Crippen LogP) is 3.86. The summed E-state index contributed by atoms with van der Waals surface area (Å²) in [5.74, 6) is -2.20. The molecular formula is C23H24ClFN2O4. The number of ketones is 1. The number of halogens is 2. The molecule has 0 aromatic heterocycles. The van der Waals surface area contributed by atoms with Crippen molar-refractivity contribution in [2.24, 2.45) is 0 Å². The Labute approximate surface area is 185 Å². The van der Waals surface area contributed by atoms with E-state index >= 15 is 0 Å². The van der Waals surface area contributed by atoms with Crippen LogP contribution in [-0.4, -0.2) is 60.4 Å². The molecule has 2 aromatic carbocycles. The maximum atomic E-state index is 14.7. The fourth-order valence-electron chi connectivity index (χ4n) is 3.51. The van der Waals surface area contributed by atoms with Crippen LogP contribution in [0, 0.1) is 5.82 Å². The van der Waals surface area contributed by atoms with Crippen molar-refractivity contribution >= 4 is 29.1 Å². The van der Waals surface area contributed by atoms with E-state index in [1.54, 1.807) is 12.1 Å². The fourth-order valence-corrected chi connectivity index (χ4v) is 3.75. The van der Waals surface area contributed by atoms with Gasteiger partial charge in [-0.25, -0.2) is 4.39 Å². The maximum absolute atomic E-state index is 14.7. The minimum atomic E-state index is -1.05. The number of carbonyl (C=O) groups excluding carboxylic acids is 2. The quantitative estimate of drug-likeness (QED) is 0.397. The molecule has 0 bridgehead atoms. The highest BCUT2D eigenvalue weighted by molar-refractivity contribution is 6.46. The van der Waals surface area contributed by atoms with Crippen molar-refractivity contribution in [3.8, 4) is 5.75 Å². The van der Waals surface area contributed by atoms with Crippen LogP contribution < -0.4 is 4.74 Å². The van der Waals surface area contributed by atoms with E-state index < -0.39 is 29.3 Å². The Bertz CT molecular complexity index is 1040. The van der Waals surface area contributed by atoms with Gasteiger partial charge in [0, 0.05) is 24.2 Å². The van der Waals surface area contributed by atoms with Crippen LogP contribution in [-0.2, 0) is 9.59 Å². The van der Waals surface area contributed by atoms with Gasteiger partial charge in [0.05, 0.1) is 23.2 Å². The van der Waals surface area contributed by atoms with E-state index in [4.69, 9.17) is 16.3 Å². The first-order valence-electron chi connectivity index (χ1n) is 9.86. The minimum Gasteiger partial charge on any atom is -0.507 e. The molecule has 3 rings (SSSR count). The standard InChI is InChI=1S/C23H24ClFN2O4/c1-4-31-18-10-9-14(13-16(18)24)21(28)19-20(15-7-5-6-8-17(15)25)27(12-11-26(2)3)23(30)22(19)29/h5-10,13,20,28H,4,11-12H2,1-3H3/b21-19-. The van der Waals surface area contributed by atoms with E-state index in [9.17, 15) is 19.1 Å². The highest BCUT2D eigenvalue weighted by Gasteiger charge is 2.46. The molecule has 0 spiro atoms. The number of rotatable bonds is 7. The Morgan fingerprint density at radius 3 is 2.55 bits per heavy atom. The SMILES string of the molecule is CCOc1ccc(/C(O)=C2/C(=O)C(=O)N(CCN(C)C)C2c2ccccc2F)cc1Cl. The molecule has 1 fully saturated rings. The van der Waals surface area contributed by atoms with Gasteiger partial charge in [0.2, 0.25) is 0 Å². The van der Waals surface area contributed by atoms with Crippen LogP contribution >= 0.6 is 11.6 Å². The average molecular weight is 447 g/mol. The van der Waals surface area contributed by atoms with Gasteiger partial charge in [-0.05, 0) is 45.3 Å². The fraction of sp³-hybridized carbons (Fsp3) is 0.304. The number of hydrogen-bond acceptors (Lipinski definition) is 5. The smallest absolute Gasteiger partial charge is 0.295 e. The van der Waals surface area contributed by atoms with Crippen molar-refractivity contribution < 1.29 is 23.8 Å². The number of likely N-dealkylation sites (N-methyl/N-ethyl adjacent to an activating group) is 1. The lowest BCUT2D eigenvalue weighted by molar-refractivity contribution is -0.140. The lowest BCUT2D eigenvalue weighted by Gasteiger charge is -2.26. The van der Waals surface area contributed by atoms with Crippen LogP contribution in [0.3, 0.4) is 0 Å². The second-order valence-electron chi connectivity index (χ2n) is 7.40. The van der Waals surface area contributed by atoms with Crippen LogP contribution in [0.15, 0.2) is 48.0 Å². The summed E-state index contributed by atoms with van der Waals surface area (Å²) < 4.78 is 20.1. The van der Waals surface area contributed by atoms with Crippen molar-refractivity contribution in [2.75, 3.05) is 33.8 Å². The van der Waals surface area contributed by atoms with Gasteiger partial charge in [-0.3, -0.25) is 9.59 Å². The number of benzene rings is 2. The number of carbonyl (C=O) groups is 2. The summed E-state index contributed by atoms with van der Waals surface area (Å²) in [6, 6.07) is 9.43. The van der Waals surface area contributed by atoms with Crippen LogP contribution in [0.25, 0.3) is 5.76 Å². The van der Waals surface area contributed by atoms with Crippen LogP contribution in [0.2, 0.25) is 5.02 Å². The number of ether oxygens (including phenoxy) is 1. The summed E-state index contributed by atoms with van der Waals surface area (Å²) in [6.45, 7) is 2.88. The summed E-state index contributed by atoms with van der Waals surface area (Å²) in [6.07, 6.45) is 0. The molecule has 1 N–H and O–H groups in total. The maximum Gasteiger partial charge on any atom is 0.295 e. The van der Waals surface area contributed by atoms with Crippen molar-refractivity contribution in [1.29, 1.82) is 0 Å². The summed E-state index contributed by atoms with van der Waals surface area (Å²) >= 11 is 6.23. The minimum absolute atomic E-state index is 0.138. The molecule has 1 heterocycles. The third kappa shape index (κ3) is 4.57. The lowest BCUT2D eigenvalue weighted by Crippen LogP contribution is -2.35. The topological polar surface area (TPSA) is 70.1 Å². The number of aliphatic hydroxyl groups is 1. The molecule has 1 amide bonds. The number of likely N-dealkylation sites (tertiary alicyclic amines) is 1. The number of hydrogen-bond donors (Lipinski definition) is 1. The number of nitrogens with zero attached hydrogens (tertiary/aromatic N) is 2. The molecule has 0 saturated carbocycles. The number of Topliss-reactive ketones (excluding diaryl/α,β-unsaturated/α-hetero) is 1. The third-order valence-electron chi connectivity index (χ3n) is 5.03. The molecule has 1 atom stereocenters. The summed E-state index contributed by atoms with van der Waals surface area (Å²) in [4.78, 5) is 28.9. The van der Waals surface area contributed by atoms with Crippen molar-refractivity contribution in [3.05, 3.63) is 70.0 Å². The first-order chi connectivity index (χ1) is 14.8. The summed E-state index contributed by atoms with van der Waals surface area (Å²) in [5.41, 5.74) is 0.202. The van der Waals surface area contributed by atoms with Gasteiger partial charge in [-0.2, -0.15) is 0 Å². The molecule has 1 aliphatic rings. The van der Waals surface area contributed by atoms with Crippen LogP contribution in [0.1, 0.15) is 24.1 Å². The van der Waals surface area contributed by atoms with Crippen molar-refractivity contribution in [2.45, 2.75) is 13.0 Å². The monoisotopic (exact) mass is 446 g/mol. The molecule has 164 valence electrons. The zero-order valence-corrected chi connectivity index (χ0v) is 18.3. The van der Waals surface area contributed by atoms with Gasteiger partial charge in [-0.15, -0.1) is 0 Å². The predicted molar refractivity (Wildman–Crippen MR) is 117 cm³/mol. The molecule has 31 heavy (non-hydrogen) atoms. The third-order valence-corrected chi connectivity index (χ3v) is 5.33. The molecule has 6 nitrogen and oxygen atoms in total. The van der Waals surface area contributed by atoms with Crippen LogP contribution in [0.5, 0.6) is 5.75 Å². The van der Waals surface area contributed by atoms with Gasteiger partial charge < -0.3 is 19.6 Å². The second-order valence-corrected chi connectivity index (χ2v) is 7.80. The molecular weight excluding hydrogens is 423 g/mol. The van der Waals surface area contributed by atoms with E-state index in [0.717, 1.165) is 0 Å². The Kier molecular flexibility index (Phi) is 6.97. The second kappa shape index (κ2) is 9.49. The van der Waals surface area contributed by atoms with E-state index in [0.29, 0.717) is 18.9 Å². The zero-order chi connectivity index (χ0) is 22.7. The molecule has 1 unspecified atom stereocenters. The number of aliphatic hydroxyl groups excluding tert-OH is 1. The van der Waals surface area contributed by atoms with Gasteiger partial charge in [-0.1, -0.05) is 29.8 Å². The van der Waals surface area contributed by atoms with Gasteiger partial charge >= 0.3 is 0 Å². The first kappa shape index (κ1) is 22.8. The average Bonchev–Trinajstić information content (AvgIpc) is 2.98. The molecule has 1 saturated heterocycles. The molecule has 2 aromatic rings. The Hall–Kier alpha value is -2.90. The highest BCUT2D eigenvalue weighted by atomic mass is 35.5. The largest absolute Gasteiger partial charge is 0.507 e. The summed E-state index contributed by atoms with van der Waals surface area (Å²) in [5, 5.41) is 11.3. The Balaban J connectivity index is 2.15. The van der Waals surface area contributed by atoms with E-state index in [1.807, 2.05) is 25.9 Å². The molecule has 0 radical (unpaired) electrons. The molecule has 1 aliphatic heterocycles. The molecule has 8 heteroatoms.